The summed E-state index contributed by atoms with van der Waals surface area (Å²) < 4.78 is 0. The summed E-state index contributed by atoms with van der Waals surface area (Å²) in [4.78, 5) is 10.5. The van der Waals surface area contributed by atoms with Crippen molar-refractivity contribution in [2.45, 2.75) is 0 Å². The van der Waals surface area contributed by atoms with Gasteiger partial charge in [-0.05, 0) is 6.72 Å². The zero-order valence-corrected chi connectivity index (χ0v) is 4.49. The third kappa shape index (κ3) is 4.75. The first-order valence-corrected chi connectivity index (χ1v) is 2.02. The molecule has 3 heteroatoms. The maximum Gasteiger partial charge on any atom is 0.117 e. The van der Waals surface area contributed by atoms with Crippen molar-refractivity contribution in [3.05, 3.63) is 12.8 Å². The smallest absolute Gasteiger partial charge is 0.117 e. The van der Waals surface area contributed by atoms with Crippen molar-refractivity contribution in [3.63, 3.8) is 0 Å². The lowest BCUT2D eigenvalue weighted by Crippen LogP contribution is -1.64. The zero-order valence-electron chi connectivity index (χ0n) is 4.49. The highest BCUT2D eigenvalue weighted by Gasteiger charge is 1.55. The van der Waals surface area contributed by atoms with Crippen molar-refractivity contribution in [3.8, 4) is 0 Å². The van der Waals surface area contributed by atoms with Crippen LogP contribution in [0.5, 0.6) is 0 Å². The molecule has 42 valence electrons. The Morgan fingerprint density at radius 3 is 2.38 bits per heavy atom. The van der Waals surface area contributed by atoms with Crippen LogP contribution >= 0.6 is 0 Å². The van der Waals surface area contributed by atoms with E-state index in [9.17, 15) is 0 Å². The molecule has 0 saturated heterocycles. The molecule has 0 aromatic heterocycles. The second kappa shape index (κ2) is 5.75. The van der Waals surface area contributed by atoms with Crippen molar-refractivity contribution in [1.82, 2.24) is 0 Å². The van der Waals surface area contributed by atoms with Gasteiger partial charge in [-0.1, -0.05) is 6.58 Å². The van der Waals surface area contributed by atoms with Crippen LogP contribution < -0.4 is 0 Å². The molecule has 0 unspecified atom stereocenters. The molecule has 0 radical (unpaired) electrons. The second-order valence-corrected chi connectivity index (χ2v) is 0.894. The normalized spacial score (nSPS) is 10.5. The Morgan fingerprint density at radius 2 is 1.88 bits per heavy atom. The summed E-state index contributed by atoms with van der Waals surface area (Å²) in [6, 6.07) is 0. The largest absolute Gasteiger partial charge is 0.253 e. The fraction of sp³-hybridized carbons (Fsp3) is 0. The molecular formula is C5H7N3. The highest BCUT2D eigenvalue weighted by molar-refractivity contribution is 5.73. The Morgan fingerprint density at radius 1 is 1.12 bits per heavy atom. The van der Waals surface area contributed by atoms with Gasteiger partial charge in [-0.3, -0.25) is 4.99 Å². The van der Waals surface area contributed by atoms with Gasteiger partial charge in [0.1, 0.15) is 12.7 Å². The Bertz CT molecular complexity index is 108. The molecular weight excluding hydrogens is 102 g/mol. The monoisotopic (exact) mass is 109 g/mol. The number of nitrogens with zero attached hydrogens (tertiary/aromatic N) is 3. The summed E-state index contributed by atoms with van der Waals surface area (Å²) in [7, 11) is 0. The third-order valence-electron chi connectivity index (χ3n) is 0.387. The van der Waals surface area contributed by atoms with Crippen molar-refractivity contribution >= 4 is 19.4 Å². The lowest BCUT2D eigenvalue weighted by atomic mass is 11.0. The van der Waals surface area contributed by atoms with Crippen molar-refractivity contribution in [2.24, 2.45) is 15.0 Å². The summed E-state index contributed by atoms with van der Waals surface area (Å²) >= 11 is 0. The number of rotatable bonds is 3. The van der Waals surface area contributed by atoms with Gasteiger partial charge in [-0.2, -0.15) is 0 Å². The van der Waals surface area contributed by atoms with E-state index in [-0.39, 0.29) is 0 Å². The molecule has 0 rings (SSSR count). The topological polar surface area (TPSA) is 37.1 Å². The van der Waals surface area contributed by atoms with E-state index in [1.807, 2.05) is 0 Å². The Hall–Kier alpha value is -1.25. The number of hydrogen-bond donors (Lipinski definition) is 0. The molecule has 8 heavy (non-hydrogen) atoms. The van der Waals surface area contributed by atoms with Gasteiger partial charge < -0.3 is 0 Å². The summed E-state index contributed by atoms with van der Waals surface area (Å²) in [6.07, 6.45) is 4.02. The Labute approximate surface area is 48.2 Å². The first-order valence-electron chi connectivity index (χ1n) is 2.02. The van der Waals surface area contributed by atoms with Gasteiger partial charge in [-0.15, -0.1) is 0 Å². The van der Waals surface area contributed by atoms with E-state index in [0.29, 0.717) is 0 Å². The standard InChI is InChI=1S/C5H7N3/c1-3-7-5-8-4-6-2/h3-5H,1-2H2/b7-5-,8-4-. The minimum absolute atomic E-state index is 1.30. The van der Waals surface area contributed by atoms with Crippen LogP contribution in [0.3, 0.4) is 0 Å². The number of aliphatic imine (C=N–C) groups is 3. The van der Waals surface area contributed by atoms with Gasteiger partial charge in [-0.25, -0.2) is 9.98 Å². The third-order valence-corrected chi connectivity index (χ3v) is 0.387. The van der Waals surface area contributed by atoms with Gasteiger partial charge in [0.05, 0.1) is 0 Å². The minimum atomic E-state index is 1.30. The van der Waals surface area contributed by atoms with Crippen molar-refractivity contribution in [1.29, 1.82) is 0 Å². The van der Waals surface area contributed by atoms with E-state index >= 15 is 0 Å². The molecule has 0 aromatic carbocycles. The molecule has 0 bridgehead atoms. The summed E-state index contributed by atoms with van der Waals surface area (Å²) in [5.41, 5.74) is 0. The van der Waals surface area contributed by atoms with Crippen LogP contribution in [0, 0.1) is 0 Å². The molecule has 3 nitrogen and oxygen atoms in total. The van der Waals surface area contributed by atoms with Crippen LogP contribution in [0.1, 0.15) is 0 Å². The first-order chi connectivity index (χ1) is 3.91. The highest BCUT2D eigenvalue weighted by Crippen LogP contribution is 1.63. The van der Waals surface area contributed by atoms with Crippen LogP contribution in [-0.2, 0) is 0 Å². The average Bonchev–Trinajstić information content (AvgIpc) is 1.81. The highest BCUT2D eigenvalue weighted by atomic mass is 14.9. The summed E-state index contributed by atoms with van der Waals surface area (Å²) in [5, 5.41) is 0. The van der Waals surface area contributed by atoms with E-state index in [4.69, 9.17) is 0 Å². The molecule has 0 amide bonds. The number of hydrogen-bond acceptors (Lipinski definition) is 1. The van der Waals surface area contributed by atoms with Crippen LogP contribution in [0.4, 0.5) is 0 Å². The van der Waals surface area contributed by atoms with Gasteiger partial charge in [0.25, 0.3) is 0 Å². The fourth-order valence-corrected chi connectivity index (χ4v) is 0.163. The van der Waals surface area contributed by atoms with E-state index in [0.717, 1.165) is 0 Å². The molecule has 0 heterocycles. The van der Waals surface area contributed by atoms with E-state index in [2.05, 4.69) is 28.3 Å². The zero-order chi connectivity index (χ0) is 6.24. The first kappa shape index (κ1) is 6.75. The van der Waals surface area contributed by atoms with Crippen LogP contribution in [-0.4, -0.2) is 19.4 Å². The summed E-state index contributed by atoms with van der Waals surface area (Å²) in [6.45, 7) is 6.51. The molecule has 0 atom stereocenters. The molecule has 0 aromatic rings. The van der Waals surface area contributed by atoms with Crippen molar-refractivity contribution < 1.29 is 0 Å². The quantitative estimate of drug-likeness (QED) is 0.381. The maximum atomic E-state index is 3.56. The van der Waals surface area contributed by atoms with Crippen molar-refractivity contribution in [2.75, 3.05) is 0 Å². The molecule has 0 aliphatic rings. The maximum absolute atomic E-state index is 3.56. The predicted molar refractivity (Wildman–Crippen MR) is 36.7 cm³/mol. The van der Waals surface area contributed by atoms with E-state index in [1.165, 1.54) is 18.9 Å². The van der Waals surface area contributed by atoms with E-state index < -0.39 is 0 Å². The molecule has 0 aliphatic heterocycles. The minimum Gasteiger partial charge on any atom is -0.253 e. The van der Waals surface area contributed by atoms with Gasteiger partial charge in [0.2, 0.25) is 0 Å². The van der Waals surface area contributed by atoms with Gasteiger partial charge in [0.15, 0.2) is 0 Å². The SMILES string of the molecule is C=C/N=C\N=C/N=C. The van der Waals surface area contributed by atoms with Gasteiger partial charge >= 0.3 is 0 Å². The Balaban J connectivity index is 3.41. The van der Waals surface area contributed by atoms with Crippen LogP contribution in [0.2, 0.25) is 0 Å². The Kier molecular flexibility index (Phi) is 4.85. The summed E-state index contributed by atoms with van der Waals surface area (Å²) in [5.74, 6) is 0. The van der Waals surface area contributed by atoms with Gasteiger partial charge in [0, 0.05) is 6.20 Å². The average molecular weight is 109 g/mol. The predicted octanol–water partition coefficient (Wildman–Crippen LogP) is 0.887. The van der Waals surface area contributed by atoms with Crippen LogP contribution in [0.15, 0.2) is 27.8 Å². The lowest BCUT2D eigenvalue weighted by Gasteiger charge is -1.68. The van der Waals surface area contributed by atoms with E-state index in [1.54, 1.807) is 0 Å². The van der Waals surface area contributed by atoms with Crippen LogP contribution in [0.25, 0.3) is 0 Å². The fourth-order valence-electron chi connectivity index (χ4n) is 0.163. The second-order valence-electron chi connectivity index (χ2n) is 0.894. The lowest BCUT2D eigenvalue weighted by molar-refractivity contribution is 1.56. The molecule has 0 aliphatic carbocycles. The molecule has 0 spiro atoms. The molecule has 0 N–H and O–H groups in total. The molecule has 0 fully saturated rings. The molecule has 0 saturated carbocycles.